The highest BCUT2D eigenvalue weighted by Gasteiger charge is 2.48. The molecule has 12 heteroatoms. The Morgan fingerprint density at radius 2 is 1.60 bits per heavy atom. The third kappa shape index (κ3) is 6.46. The van der Waals surface area contributed by atoms with E-state index in [9.17, 15) is 31.1 Å². The minimum Gasteiger partial charge on any atom is -0.497 e. The monoisotopic (exact) mass is 593 g/mol. The van der Waals surface area contributed by atoms with Gasteiger partial charge in [-0.15, -0.1) is 0 Å². The summed E-state index contributed by atoms with van der Waals surface area (Å²) >= 11 is 6.32. The van der Waals surface area contributed by atoms with Crippen molar-refractivity contribution in [2.45, 2.75) is 63.7 Å². The van der Waals surface area contributed by atoms with E-state index in [1.54, 1.807) is 6.07 Å². The molecule has 1 aliphatic heterocycles. The third-order valence-corrected chi connectivity index (χ3v) is 7.93. The number of hydrogen-bond donors (Lipinski definition) is 0. The summed E-state index contributed by atoms with van der Waals surface area (Å²) in [5, 5.41) is 0.485. The summed E-state index contributed by atoms with van der Waals surface area (Å²) in [5.74, 6) is 0.394. The van der Waals surface area contributed by atoms with E-state index in [1.807, 2.05) is 12.1 Å². The van der Waals surface area contributed by atoms with Crippen LogP contribution in [0, 0.1) is 11.3 Å². The van der Waals surface area contributed by atoms with Crippen molar-refractivity contribution in [3.63, 3.8) is 0 Å². The summed E-state index contributed by atoms with van der Waals surface area (Å²) in [5.41, 5.74) is -2.60. The van der Waals surface area contributed by atoms with E-state index in [1.165, 1.54) is 19.1 Å². The molecule has 2 fully saturated rings. The first kappa shape index (κ1) is 30.3. The molecule has 1 saturated heterocycles. The Kier molecular flexibility index (Phi) is 8.31. The molecule has 1 heterocycles. The molecule has 2 unspecified atom stereocenters. The number of amides is 1. The summed E-state index contributed by atoms with van der Waals surface area (Å²) in [4.78, 5) is 14.3. The molecule has 220 valence electrons. The number of cyclic esters (lactones) is 1. The lowest BCUT2D eigenvalue weighted by Gasteiger charge is -2.42. The Morgan fingerprint density at radius 1 is 0.975 bits per heavy atom. The fraction of sp³-hybridized carbons (Fsp3) is 0.536. The van der Waals surface area contributed by atoms with Crippen molar-refractivity contribution in [2.75, 3.05) is 20.8 Å². The molecule has 2 aliphatic rings. The predicted octanol–water partition coefficient (Wildman–Crippen LogP) is 8.46. The van der Waals surface area contributed by atoms with E-state index >= 15 is 0 Å². The van der Waals surface area contributed by atoms with Crippen LogP contribution in [0.2, 0.25) is 5.02 Å². The van der Waals surface area contributed by atoms with Crippen LogP contribution in [-0.4, -0.2) is 38.0 Å². The van der Waals surface area contributed by atoms with E-state index < -0.39 is 47.5 Å². The zero-order valence-corrected chi connectivity index (χ0v) is 23.1. The van der Waals surface area contributed by atoms with Crippen molar-refractivity contribution in [1.82, 2.24) is 4.90 Å². The molecule has 0 aromatic heterocycles. The Hall–Kier alpha value is -2.66. The van der Waals surface area contributed by atoms with E-state index in [0.29, 0.717) is 29.3 Å². The number of benzene rings is 2. The number of halogens is 7. The zero-order valence-electron chi connectivity index (χ0n) is 22.3. The van der Waals surface area contributed by atoms with Crippen LogP contribution in [0.15, 0.2) is 36.4 Å². The number of methoxy groups -OCH3 is 2. The number of alkyl halides is 6. The fourth-order valence-corrected chi connectivity index (χ4v) is 6.08. The minimum atomic E-state index is -5.04. The highest BCUT2D eigenvalue weighted by atomic mass is 35.5. The number of hydrogen-bond acceptors (Lipinski definition) is 4. The average molecular weight is 594 g/mol. The molecule has 1 aliphatic carbocycles. The minimum absolute atomic E-state index is 0.0355. The largest absolute Gasteiger partial charge is 0.497 e. The van der Waals surface area contributed by atoms with Gasteiger partial charge in [-0.25, -0.2) is 4.79 Å². The second kappa shape index (κ2) is 11.0. The standard InChI is InChI=1S/C28H30ClF6NO4/c1-26(2)6-5-22(15-9-20(29)12-21(10-15)38-3)17(13-26)14-36-24(39-4)23(40-25(36)37)16-7-18(27(30,31)32)11-19(8-16)28(33,34)35/h7-12,17,22-24H,5-6,13-14H2,1-4H3/t17?,22?,23-,24+/m1/s1. The van der Waals surface area contributed by atoms with Crippen molar-refractivity contribution in [1.29, 1.82) is 0 Å². The van der Waals surface area contributed by atoms with Gasteiger partial charge in [-0.05, 0) is 84.0 Å². The lowest BCUT2D eigenvalue weighted by Crippen LogP contribution is -2.43. The maximum atomic E-state index is 13.5. The van der Waals surface area contributed by atoms with Gasteiger partial charge in [0.15, 0.2) is 12.3 Å². The first-order valence-electron chi connectivity index (χ1n) is 12.7. The normalized spacial score (nSPS) is 25.2. The van der Waals surface area contributed by atoms with E-state index in [-0.39, 0.29) is 29.9 Å². The number of carbonyl (C=O) groups excluding carboxylic acids is 1. The van der Waals surface area contributed by atoms with Crippen molar-refractivity contribution < 1.29 is 45.3 Å². The topological polar surface area (TPSA) is 48.0 Å². The van der Waals surface area contributed by atoms with Crippen molar-refractivity contribution in [3.8, 4) is 5.75 Å². The predicted molar refractivity (Wildman–Crippen MR) is 135 cm³/mol. The number of nitrogens with zero attached hydrogens (tertiary/aromatic N) is 1. The summed E-state index contributed by atoms with van der Waals surface area (Å²) in [6.07, 6.45) is -11.3. The summed E-state index contributed by atoms with van der Waals surface area (Å²) < 4.78 is 97.2. The summed E-state index contributed by atoms with van der Waals surface area (Å²) in [6.45, 7) is 4.33. The molecule has 0 N–H and O–H groups in total. The molecule has 0 bridgehead atoms. The van der Waals surface area contributed by atoms with Crippen LogP contribution >= 0.6 is 11.6 Å². The Morgan fingerprint density at radius 3 is 2.15 bits per heavy atom. The van der Waals surface area contributed by atoms with Crippen LogP contribution in [0.3, 0.4) is 0 Å². The lowest BCUT2D eigenvalue weighted by molar-refractivity contribution is -0.143. The first-order valence-corrected chi connectivity index (χ1v) is 13.0. The molecular formula is C28H30ClF6NO4. The highest BCUT2D eigenvalue weighted by Crippen LogP contribution is 2.49. The molecule has 0 radical (unpaired) electrons. The second-order valence-corrected chi connectivity index (χ2v) is 11.6. The highest BCUT2D eigenvalue weighted by molar-refractivity contribution is 6.30. The average Bonchev–Trinajstić information content (AvgIpc) is 3.16. The number of ether oxygens (including phenoxy) is 3. The summed E-state index contributed by atoms with van der Waals surface area (Å²) in [6, 6.07) is 6.55. The Bertz CT molecular complexity index is 1220. The smallest absolute Gasteiger partial charge is 0.416 e. The fourth-order valence-electron chi connectivity index (χ4n) is 5.84. The van der Waals surface area contributed by atoms with E-state index in [4.69, 9.17) is 25.8 Å². The van der Waals surface area contributed by atoms with Crippen molar-refractivity contribution >= 4 is 17.7 Å². The van der Waals surface area contributed by atoms with Gasteiger partial charge in [-0.3, -0.25) is 4.90 Å². The Balaban J connectivity index is 1.68. The van der Waals surface area contributed by atoms with Crippen LogP contribution in [0.1, 0.15) is 67.4 Å². The van der Waals surface area contributed by atoms with Crippen molar-refractivity contribution in [3.05, 3.63) is 63.7 Å². The van der Waals surface area contributed by atoms with E-state index in [0.717, 1.165) is 18.4 Å². The van der Waals surface area contributed by atoms with Gasteiger partial charge in [0, 0.05) is 18.7 Å². The van der Waals surface area contributed by atoms with Gasteiger partial charge in [0.2, 0.25) is 0 Å². The molecular weight excluding hydrogens is 564 g/mol. The maximum absolute atomic E-state index is 13.5. The van der Waals surface area contributed by atoms with Gasteiger partial charge < -0.3 is 14.2 Å². The summed E-state index contributed by atoms with van der Waals surface area (Å²) in [7, 11) is 2.76. The zero-order chi connectivity index (χ0) is 29.6. The van der Waals surface area contributed by atoms with Crippen LogP contribution in [-0.2, 0) is 21.8 Å². The lowest BCUT2D eigenvalue weighted by atomic mass is 9.65. The molecule has 1 amide bonds. The van der Waals surface area contributed by atoms with Gasteiger partial charge in [0.1, 0.15) is 5.75 Å². The van der Waals surface area contributed by atoms with Crippen molar-refractivity contribution in [2.24, 2.45) is 11.3 Å². The van der Waals surface area contributed by atoms with Gasteiger partial charge in [-0.1, -0.05) is 25.4 Å². The molecule has 4 rings (SSSR count). The molecule has 0 spiro atoms. The van der Waals surface area contributed by atoms with Gasteiger partial charge in [-0.2, -0.15) is 26.3 Å². The SMILES string of the molecule is COc1cc(Cl)cc(C2CCC(C)(C)CC2CN2C(=O)O[C@H](c3cc(C(F)(F)F)cc(C(F)(F)F)c3)[C@@H]2OC)c1. The first-order chi connectivity index (χ1) is 18.5. The van der Waals surface area contributed by atoms with Crippen LogP contribution < -0.4 is 4.74 Å². The third-order valence-electron chi connectivity index (χ3n) is 7.71. The maximum Gasteiger partial charge on any atom is 0.416 e. The molecule has 2 aromatic carbocycles. The van der Waals surface area contributed by atoms with Gasteiger partial charge >= 0.3 is 18.4 Å². The molecule has 5 nitrogen and oxygen atoms in total. The van der Waals surface area contributed by atoms with Crippen LogP contribution in [0.4, 0.5) is 31.1 Å². The van der Waals surface area contributed by atoms with Gasteiger partial charge in [0.05, 0.1) is 18.2 Å². The molecule has 2 aromatic rings. The molecule has 40 heavy (non-hydrogen) atoms. The molecule has 1 saturated carbocycles. The number of carbonyl (C=O) groups is 1. The Labute approximate surface area is 233 Å². The van der Waals surface area contributed by atoms with Crippen LogP contribution in [0.5, 0.6) is 5.75 Å². The second-order valence-electron chi connectivity index (χ2n) is 11.1. The van der Waals surface area contributed by atoms with E-state index in [2.05, 4.69) is 13.8 Å². The molecule has 4 atom stereocenters. The number of rotatable bonds is 6. The van der Waals surface area contributed by atoms with Gasteiger partial charge in [0.25, 0.3) is 0 Å². The van der Waals surface area contributed by atoms with Crippen LogP contribution in [0.25, 0.3) is 0 Å². The quantitative estimate of drug-likeness (QED) is 0.315.